The first-order valence-corrected chi connectivity index (χ1v) is 4.30. The molecule has 13 heavy (non-hydrogen) atoms. The molecule has 0 bridgehead atoms. The van der Waals surface area contributed by atoms with Gasteiger partial charge in [0.2, 0.25) is 0 Å². The van der Waals surface area contributed by atoms with Crippen LogP contribution >= 0.6 is 0 Å². The number of aliphatic carboxylic acids is 1. The second-order valence-electron chi connectivity index (χ2n) is 3.72. The Morgan fingerprint density at radius 3 is 2.62 bits per heavy atom. The van der Waals surface area contributed by atoms with Crippen LogP contribution in [0.5, 0.6) is 0 Å². The van der Waals surface area contributed by atoms with Crippen LogP contribution in [0.1, 0.15) is 24.1 Å². The molecule has 0 unspecified atom stereocenters. The summed E-state index contributed by atoms with van der Waals surface area (Å²) in [7, 11) is 1.81. The molecule has 1 N–H and O–H groups in total. The molecule has 4 nitrogen and oxygen atoms in total. The molecule has 1 fully saturated rings. The van der Waals surface area contributed by atoms with Crippen molar-refractivity contribution in [2.75, 3.05) is 0 Å². The number of aromatic nitrogens is 2. The maximum absolute atomic E-state index is 11.0. The Kier molecular flexibility index (Phi) is 1.49. The van der Waals surface area contributed by atoms with Gasteiger partial charge < -0.3 is 5.11 Å². The molecule has 2 rings (SSSR count). The van der Waals surface area contributed by atoms with E-state index in [1.54, 1.807) is 4.68 Å². The van der Waals surface area contributed by atoms with Gasteiger partial charge in [-0.15, -0.1) is 0 Å². The van der Waals surface area contributed by atoms with E-state index in [1.165, 1.54) is 0 Å². The van der Waals surface area contributed by atoms with Gasteiger partial charge in [0.25, 0.3) is 0 Å². The van der Waals surface area contributed by atoms with Crippen molar-refractivity contribution in [2.45, 2.75) is 25.2 Å². The van der Waals surface area contributed by atoms with Crippen molar-refractivity contribution in [3.63, 3.8) is 0 Å². The third-order valence-electron chi connectivity index (χ3n) is 2.62. The van der Waals surface area contributed by atoms with Crippen LogP contribution in [0.25, 0.3) is 0 Å². The van der Waals surface area contributed by atoms with E-state index in [9.17, 15) is 4.79 Å². The van der Waals surface area contributed by atoms with E-state index >= 15 is 0 Å². The molecule has 0 radical (unpaired) electrons. The molecule has 0 spiro atoms. The fourth-order valence-corrected chi connectivity index (χ4v) is 1.76. The van der Waals surface area contributed by atoms with E-state index in [-0.39, 0.29) is 0 Å². The molecule has 1 aromatic rings. The largest absolute Gasteiger partial charge is 0.481 e. The molecule has 0 saturated heterocycles. The van der Waals surface area contributed by atoms with Gasteiger partial charge in [0.05, 0.1) is 5.69 Å². The number of hydrogen-bond acceptors (Lipinski definition) is 2. The zero-order valence-electron chi connectivity index (χ0n) is 7.74. The molecule has 4 heteroatoms. The molecule has 70 valence electrons. The van der Waals surface area contributed by atoms with Crippen molar-refractivity contribution in [1.29, 1.82) is 0 Å². The van der Waals surface area contributed by atoms with E-state index in [0.717, 1.165) is 24.1 Å². The van der Waals surface area contributed by atoms with Gasteiger partial charge in [0, 0.05) is 13.2 Å². The monoisotopic (exact) mass is 180 g/mol. The van der Waals surface area contributed by atoms with Gasteiger partial charge >= 0.3 is 5.97 Å². The van der Waals surface area contributed by atoms with Crippen molar-refractivity contribution in [1.82, 2.24) is 9.78 Å². The number of carboxylic acids is 1. The topological polar surface area (TPSA) is 55.1 Å². The number of rotatable bonds is 2. The SMILES string of the molecule is Cc1cn(C)nc1C1(C(=O)O)CC1. The van der Waals surface area contributed by atoms with Gasteiger partial charge in [-0.25, -0.2) is 0 Å². The highest BCUT2D eigenvalue weighted by Gasteiger charge is 2.54. The summed E-state index contributed by atoms with van der Waals surface area (Å²) in [5, 5.41) is 13.2. The van der Waals surface area contributed by atoms with Crippen molar-refractivity contribution < 1.29 is 9.90 Å². The smallest absolute Gasteiger partial charge is 0.315 e. The summed E-state index contributed by atoms with van der Waals surface area (Å²) in [6, 6.07) is 0. The van der Waals surface area contributed by atoms with Crippen LogP contribution in [0, 0.1) is 6.92 Å². The third-order valence-corrected chi connectivity index (χ3v) is 2.62. The molecule has 1 aromatic heterocycles. The minimum atomic E-state index is -0.741. The molecule has 1 aliphatic rings. The van der Waals surface area contributed by atoms with E-state index < -0.39 is 11.4 Å². The zero-order chi connectivity index (χ0) is 9.64. The predicted molar refractivity (Wildman–Crippen MR) is 46.5 cm³/mol. The first-order chi connectivity index (χ1) is 6.06. The predicted octanol–water partition coefficient (Wildman–Crippen LogP) is 0.845. The second-order valence-corrected chi connectivity index (χ2v) is 3.72. The lowest BCUT2D eigenvalue weighted by Crippen LogP contribution is -2.21. The quantitative estimate of drug-likeness (QED) is 0.733. The highest BCUT2D eigenvalue weighted by molar-refractivity contribution is 5.84. The summed E-state index contributed by atoms with van der Waals surface area (Å²) in [5.74, 6) is -0.741. The number of carboxylic acid groups (broad SMARTS) is 1. The maximum atomic E-state index is 11.0. The lowest BCUT2D eigenvalue weighted by molar-refractivity contribution is -0.140. The van der Waals surface area contributed by atoms with E-state index in [0.29, 0.717) is 0 Å². The molecule has 0 atom stereocenters. The van der Waals surface area contributed by atoms with E-state index in [4.69, 9.17) is 5.11 Å². The van der Waals surface area contributed by atoms with Crippen LogP contribution in [0.3, 0.4) is 0 Å². The number of aryl methyl sites for hydroxylation is 2. The lowest BCUT2D eigenvalue weighted by atomic mass is 10.0. The van der Waals surface area contributed by atoms with E-state index in [2.05, 4.69) is 5.10 Å². The minimum absolute atomic E-state index is 0.661. The summed E-state index contributed by atoms with van der Waals surface area (Å²) in [6.45, 7) is 1.91. The first kappa shape index (κ1) is 8.29. The zero-order valence-corrected chi connectivity index (χ0v) is 7.74. The minimum Gasteiger partial charge on any atom is -0.481 e. The molecule has 0 amide bonds. The average molecular weight is 180 g/mol. The number of hydrogen-bond donors (Lipinski definition) is 1. The van der Waals surface area contributed by atoms with Gasteiger partial charge in [-0.1, -0.05) is 0 Å². The number of carbonyl (C=O) groups is 1. The Balaban J connectivity index is 2.46. The molecule has 1 aliphatic carbocycles. The Morgan fingerprint density at radius 1 is 1.69 bits per heavy atom. The van der Waals surface area contributed by atoms with Crippen molar-refractivity contribution in [3.8, 4) is 0 Å². The summed E-state index contributed by atoms with van der Waals surface area (Å²) in [6.07, 6.45) is 3.30. The highest BCUT2D eigenvalue weighted by atomic mass is 16.4. The van der Waals surface area contributed by atoms with Crippen molar-refractivity contribution in [2.24, 2.45) is 7.05 Å². The van der Waals surface area contributed by atoms with Crippen molar-refractivity contribution >= 4 is 5.97 Å². The van der Waals surface area contributed by atoms with Crippen LogP contribution in [0.15, 0.2) is 6.20 Å². The highest BCUT2D eigenvalue weighted by Crippen LogP contribution is 2.48. The maximum Gasteiger partial charge on any atom is 0.315 e. The summed E-state index contributed by atoms with van der Waals surface area (Å²) < 4.78 is 1.67. The Hall–Kier alpha value is -1.32. The van der Waals surface area contributed by atoms with Crippen LogP contribution in [-0.4, -0.2) is 20.9 Å². The number of nitrogens with zero attached hydrogens (tertiary/aromatic N) is 2. The summed E-state index contributed by atoms with van der Waals surface area (Å²) in [4.78, 5) is 11.0. The Labute approximate surface area is 76.2 Å². The van der Waals surface area contributed by atoms with Gasteiger partial charge in [0.15, 0.2) is 0 Å². The normalized spacial score (nSPS) is 18.6. The van der Waals surface area contributed by atoms with Crippen LogP contribution in [-0.2, 0) is 17.3 Å². The second kappa shape index (κ2) is 2.34. The van der Waals surface area contributed by atoms with Gasteiger partial charge in [-0.3, -0.25) is 9.48 Å². The fraction of sp³-hybridized carbons (Fsp3) is 0.556. The van der Waals surface area contributed by atoms with Gasteiger partial charge in [0.1, 0.15) is 5.41 Å². The first-order valence-electron chi connectivity index (χ1n) is 4.30. The molecule has 1 saturated carbocycles. The molecular weight excluding hydrogens is 168 g/mol. The third kappa shape index (κ3) is 1.05. The Bertz CT molecular complexity index is 364. The Morgan fingerprint density at radius 2 is 2.31 bits per heavy atom. The molecule has 1 heterocycles. The molecule has 0 aliphatic heterocycles. The summed E-state index contributed by atoms with van der Waals surface area (Å²) in [5.41, 5.74) is 1.05. The van der Waals surface area contributed by atoms with Crippen molar-refractivity contribution in [3.05, 3.63) is 17.5 Å². The van der Waals surface area contributed by atoms with E-state index in [1.807, 2.05) is 20.2 Å². The molecular formula is C9H12N2O2. The van der Waals surface area contributed by atoms with Gasteiger partial charge in [-0.2, -0.15) is 5.10 Å². The van der Waals surface area contributed by atoms with Gasteiger partial charge in [-0.05, 0) is 25.3 Å². The van der Waals surface area contributed by atoms with Crippen LogP contribution in [0.4, 0.5) is 0 Å². The lowest BCUT2D eigenvalue weighted by Gasteiger charge is -2.06. The van der Waals surface area contributed by atoms with Crippen LogP contribution in [0.2, 0.25) is 0 Å². The standard InChI is InChI=1S/C9H12N2O2/c1-6-5-11(2)10-7(6)9(3-4-9)8(12)13/h5H,3-4H2,1-2H3,(H,12,13). The van der Waals surface area contributed by atoms with Crippen LogP contribution < -0.4 is 0 Å². The summed E-state index contributed by atoms with van der Waals surface area (Å²) >= 11 is 0. The fourth-order valence-electron chi connectivity index (χ4n) is 1.76. The molecule has 0 aromatic carbocycles. The average Bonchev–Trinajstić information content (AvgIpc) is 2.75.